The fraction of sp³-hybridized carbons (Fsp3) is 0.857. The van der Waals surface area contributed by atoms with Crippen LogP contribution in [0.3, 0.4) is 0 Å². The minimum atomic E-state index is -0.852. The molecule has 0 spiro atoms. The number of aliphatic carboxylic acids is 1. The molecule has 0 aromatic carbocycles. The Bertz CT molecular complexity index is 108. The molecule has 0 bridgehead atoms. The molecule has 0 atom stereocenters. The second-order valence-electron chi connectivity index (χ2n) is 2.65. The monoisotopic (exact) mass is 332 g/mol. The van der Waals surface area contributed by atoms with E-state index >= 15 is 0 Å². The van der Waals surface area contributed by atoms with Crippen LogP contribution in [0.25, 0.3) is 0 Å². The molecule has 1 aliphatic rings. The molecular weight excluding hydrogens is 320 g/mol. The summed E-state index contributed by atoms with van der Waals surface area (Å²) < 4.78 is 0. The van der Waals surface area contributed by atoms with Crippen molar-refractivity contribution in [2.45, 2.75) is 32.1 Å². The van der Waals surface area contributed by atoms with Gasteiger partial charge in [-0.2, -0.15) is 0 Å². The van der Waals surface area contributed by atoms with Crippen LogP contribution in [0.5, 0.6) is 0 Å². The maximum absolute atomic E-state index is 10.2. The predicted octanol–water partition coefficient (Wildman–Crippen LogP) is -0.0642. The van der Waals surface area contributed by atoms with Crippen LogP contribution in [-0.4, -0.2) is 33.3 Å². The van der Waals surface area contributed by atoms with E-state index in [1.165, 1.54) is 6.42 Å². The molecule has 0 aromatic rings. The van der Waals surface area contributed by atoms with E-state index in [9.17, 15) is 9.90 Å². The molecule has 1 fully saturated rings. The Morgan fingerprint density at radius 3 is 2.00 bits per heavy atom. The SMILES string of the molecule is O=C([O-])C1CCCCC1.[Tl+]. The Labute approximate surface area is 81.2 Å². The number of hydrogen-bond donors (Lipinski definition) is 0. The summed E-state index contributed by atoms with van der Waals surface area (Å²) in [4.78, 5) is 10.2. The Morgan fingerprint density at radius 2 is 1.70 bits per heavy atom. The van der Waals surface area contributed by atoms with Crippen molar-refractivity contribution in [1.29, 1.82) is 0 Å². The Kier molecular flexibility index (Phi) is 5.30. The Hall–Kier alpha value is 0.392. The zero-order chi connectivity index (χ0) is 6.69. The number of carboxylic acids is 1. The summed E-state index contributed by atoms with van der Waals surface area (Å²) in [7, 11) is 0. The van der Waals surface area contributed by atoms with Crippen LogP contribution in [0.4, 0.5) is 0 Å². The summed E-state index contributed by atoms with van der Waals surface area (Å²) in [5, 5.41) is 10.2. The van der Waals surface area contributed by atoms with E-state index in [1.807, 2.05) is 0 Å². The van der Waals surface area contributed by atoms with Crippen molar-refractivity contribution in [2.75, 3.05) is 0 Å². The summed E-state index contributed by atoms with van der Waals surface area (Å²) in [5.41, 5.74) is 0. The van der Waals surface area contributed by atoms with Gasteiger partial charge < -0.3 is 9.90 Å². The van der Waals surface area contributed by atoms with Gasteiger partial charge in [0.1, 0.15) is 0 Å². The fourth-order valence-electron chi connectivity index (χ4n) is 1.34. The van der Waals surface area contributed by atoms with Crippen LogP contribution in [0.15, 0.2) is 0 Å². The summed E-state index contributed by atoms with van der Waals surface area (Å²) in [5.74, 6) is -0.992. The largest absolute Gasteiger partial charge is 1.00 e. The van der Waals surface area contributed by atoms with E-state index in [1.54, 1.807) is 0 Å². The molecular formula is C7H11O2Tl. The number of hydrogen-bond acceptors (Lipinski definition) is 2. The topological polar surface area (TPSA) is 40.1 Å². The van der Waals surface area contributed by atoms with E-state index in [2.05, 4.69) is 0 Å². The van der Waals surface area contributed by atoms with E-state index in [-0.39, 0.29) is 33.2 Å². The number of carbonyl (C=O) groups excluding carboxylic acids is 1. The first-order valence-corrected chi connectivity index (χ1v) is 3.51. The molecule has 10 heavy (non-hydrogen) atoms. The van der Waals surface area contributed by atoms with E-state index < -0.39 is 5.97 Å². The molecule has 1 aliphatic carbocycles. The van der Waals surface area contributed by atoms with Crippen molar-refractivity contribution in [2.24, 2.45) is 5.92 Å². The van der Waals surface area contributed by atoms with Crippen LogP contribution in [-0.2, 0) is 4.79 Å². The maximum atomic E-state index is 10.2. The van der Waals surface area contributed by atoms with Crippen LogP contribution in [0, 0.1) is 5.92 Å². The molecule has 0 heterocycles. The van der Waals surface area contributed by atoms with Gasteiger partial charge in [-0.15, -0.1) is 0 Å². The van der Waals surface area contributed by atoms with Crippen molar-refractivity contribution < 1.29 is 9.90 Å². The van der Waals surface area contributed by atoms with Crippen molar-refractivity contribution in [1.82, 2.24) is 0 Å². The standard InChI is InChI=1S/C7H12O2.Tl/c8-7(9)6-4-2-1-3-5-6;/h6H,1-5H2,(H,8,9);/q;+1/p-1. The van der Waals surface area contributed by atoms with E-state index in [0.29, 0.717) is 0 Å². The third kappa shape index (κ3) is 2.99. The van der Waals surface area contributed by atoms with Gasteiger partial charge in [-0.25, -0.2) is 0 Å². The summed E-state index contributed by atoms with van der Waals surface area (Å²) in [6.45, 7) is 0. The molecule has 0 radical (unpaired) electrons. The normalized spacial score (nSPS) is 19.6. The number of rotatable bonds is 1. The predicted molar refractivity (Wildman–Crippen MR) is 37.3 cm³/mol. The average molecular weight is 332 g/mol. The van der Waals surface area contributed by atoms with Crippen molar-refractivity contribution >= 4 is 33.3 Å². The first-order chi connectivity index (χ1) is 4.30. The molecule has 1 rings (SSSR count). The first kappa shape index (κ1) is 10.4. The number of carboxylic acid groups (broad SMARTS) is 1. The third-order valence-corrected chi connectivity index (χ3v) is 1.94. The van der Waals surface area contributed by atoms with E-state index in [4.69, 9.17) is 0 Å². The van der Waals surface area contributed by atoms with Gasteiger partial charge in [0, 0.05) is 5.97 Å². The second kappa shape index (κ2) is 5.10. The molecule has 54 valence electrons. The minimum absolute atomic E-state index is 0. The van der Waals surface area contributed by atoms with Gasteiger partial charge >= 0.3 is 27.3 Å². The number of carbonyl (C=O) groups is 1. The third-order valence-electron chi connectivity index (χ3n) is 1.94. The van der Waals surface area contributed by atoms with Gasteiger partial charge in [-0.1, -0.05) is 19.3 Å². The van der Waals surface area contributed by atoms with Gasteiger partial charge in [-0.05, 0) is 18.8 Å². The van der Waals surface area contributed by atoms with Crippen LogP contribution < -0.4 is 5.11 Å². The summed E-state index contributed by atoms with van der Waals surface area (Å²) >= 11 is 0. The van der Waals surface area contributed by atoms with Gasteiger partial charge in [0.2, 0.25) is 0 Å². The van der Waals surface area contributed by atoms with Crippen LogP contribution in [0.1, 0.15) is 32.1 Å². The van der Waals surface area contributed by atoms with Crippen LogP contribution >= 0.6 is 0 Å². The zero-order valence-corrected chi connectivity index (χ0v) is 10.5. The van der Waals surface area contributed by atoms with Gasteiger partial charge in [-0.3, -0.25) is 0 Å². The average Bonchev–Trinajstić information content (AvgIpc) is 1.90. The smallest absolute Gasteiger partial charge is 0.550 e. The van der Waals surface area contributed by atoms with E-state index in [0.717, 1.165) is 25.7 Å². The summed E-state index contributed by atoms with van der Waals surface area (Å²) in [6, 6.07) is 0. The molecule has 0 aromatic heterocycles. The Balaban J connectivity index is 0.000000810. The molecule has 0 N–H and O–H groups in total. The van der Waals surface area contributed by atoms with Crippen molar-refractivity contribution in [3.8, 4) is 0 Å². The molecule has 0 saturated heterocycles. The van der Waals surface area contributed by atoms with Crippen molar-refractivity contribution in [3.05, 3.63) is 0 Å². The first-order valence-electron chi connectivity index (χ1n) is 3.51. The van der Waals surface area contributed by atoms with Gasteiger partial charge in [0.15, 0.2) is 0 Å². The molecule has 0 unspecified atom stereocenters. The Morgan fingerprint density at radius 1 is 1.20 bits per heavy atom. The zero-order valence-electron chi connectivity index (χ0n) is 6.01. The molecule has 0 aliphatic heterocycles. The fourth-order valence-corrected chi connectivity index (χ4v) is 1.34. The minimum Gasteiger partial charge on any atom is -0.550 e. The molecule has 3 heteroatoms. The van der Waals surface area contributed by atoms with Crippen LogP contribution in [0.2, 0.25) is 0 Å². The molecule has 1 saturated carbocycles. The maximum Gasteiger partial charge on any atom is 1.00 e. The second-order valence-corrected chi connectivity index (χ2v) is 2.65. The summed E-state index contributed by atoms with van der Waals surface area (Å²) in [6.07, 6.45) is 5.01. The molecule has 2 nitrogen and oxygen atoms in total. The van der Waals surface area contributed by atoms with Gasteiger partial charge in [0.25, 0.3) is 0 Å². The van der Waals surface area contributed by atoms with Crippen molar-refractivity contribution in [3.63, 3.8) is 0 Å². The quantitative estimate of drug-likeness (QED) is 0.632. The van der Waals surface area contributed by atoms with Gasteiger partial charge in [0.05, 0.1) is 0 Å². The molecule has 0 amide bonds.